The second-order valence-corrected chi connectivity index (χ2v) is 7.44. The average molecular weight is 306 g/mol. The molecule has 20 heavy (non-hydrogen) atoms. The fourth-order valence-electron chi connectivity index (χ4n) is 2.91. The Bertz CT molecular complexity index is 483. The van der Waals surface area contributed by atoms with Gasteiger partial charge in [-0.3, -0.25) is 9.59 Å². The van der Waals surface area contributed by atoms with Crippen LogP contribution in [0.5, 0.6) is 0 Å². The third-order valence-electron chi connectivity index (χ3n) is 3.89. The van der Waals surface area contributed by atoms with E-state index in [2.05, 4.69) is 0 Å². The molecule has 0 bridgehead atoms. The van der Waals surface area contributed by atoms with Crippen molar-refractivity contribution in [3.63, 3.8) is 0 Å². The molecule has 0 unspecified atom stereocenters. The number of sulfone groups is 1. The van der Waals surface area contributed by atoms with Crippen LogP contribution < -0.4 is 0 Å². The molecule has 0 radical (unpaired) electrons. The first kappa shape index (κ1) is 16.9. The van der Waals surface area contributed by atoms with Crippen molar-refractivity contribution < 1.29 is 27.5 Å². The summed E-state index contributed by atoms with van der Waals surface area (Å²) in [6, 6.07) is 0. The molecule has 0 aliphatic heterocycles. The monoisotopic (exact) mass is 306 g/mol. The van der Waals surface area contributed by atoms with E-state index in [9.17, 15) is 18.0 Å². The highest BCUT2D eigenvalue weighted by Gasteiger charge is 2.60. The lowest BCUT2D eigenvalue weighted by Crippen LogP contribution is -2.49. The van der Waals surface area contributed by atoms with Crippen LogP contribution >= 0.6 is 0 Å². The van der Waals surface area contributed by atoms with Gasteiger partial charge in [-0.25, -0.2) is 8.42 Å². The number of ether oxygens (including phenoxy) is 2. The summed E-state index contributed by atoms with van der Waals surface area (Å²) < 4.78 is 32.5. The largest absolute Gasteiger partial charge is 0.466 e. The van der Waals surface area contributed by atoms with Crippen LogP contribution in [0.4, 0.5) is 0 Å². The van der Waals surface area contributed by atoms with Gasteiger partial charge in [-0.05, 0) is 32.6 Å². The van der Waals surface area contributed by atoms with Crippen molar-refractivity contribution in [3.8, 4) is 0 Å². The van der Waals surface area contributed by atoms with Crippen LogP contribution in [0.3, 0.4) is 0 Å². The fourth-order valence-corrected chi connectivity index (χ4v) is 4.61. The van der Waals surface area contributed by atoms with Gasteiger partial charge in [0.25, 0.3) is 0 Å². The lowest BCUT2D eigenvalue weighted by atomic mass is 9.97. The molecule has 0 heterocycles. The maximum absolute atomic E-state index is 12.2. The van der Waals surface area contributed by atoms with Gasteiger partial charge in [0, 0.05) is 6.26 Å². The molecule has 6 nitrogen and oxygen atoms in total. The molecule has 1 rings (SSSR count). The van der Waals surface area contributed by atoms with E-state index >= 15 is 0 Å². The predicted molar refractivity (Wildman–Crippen MR) is 72.7 cm³/mol. The highest BCUT2D eigenvalue weighted by Crippen LogP contribution is 2.46. The topological polar surface area (TPSA) is 86.7 Å². The number of esters is 2. The zero-order valence-corrected chi connectivity index (χ0v) is 13.2. The van der Waals surface area contributed by atoms with E-state index in [1.807, 2.05) is 0 Å². The van der Waals surface area contributed by atoms with Gasteiger partial charge in [0.05, 0.1) is 19.1 Å². The minimum atomic E-state index is -3.70. The summed E-state index contributed by atoms with van der Waals surface area (Å²) in [5.41, 5.74) is 0. The molecule has 0 spiro atoms. The summed E-state index contributed by atoms with van der Waals surface area (Å²) in [6.45, 7) is 5.31. The van der Waals surface area contributed by atoms with E-state index < -0.39 is 38.4 Å². The molecule has 1 aliphatic rings. The first-order valence-electron chi connectivity index (χ1n) is 6.74. The van der Waals surface area contributed by atoms with Crippen molar-refractivity contribution in [1.82, 2.24) is 0 Å². The maximum Gasteiger partial charge on any atom is 0.327 e. The van der Waals surface area contributed by atoms with E-state index in [-0.39, 0.29) is 19.6 Å². The minimum absolute atomic E-state index is 0.0648. The van der Waals surface area contributed by atoms with E-state index in [1.165, 1.54) is 0 Å². The van der Waals surface area contributed by atoms with Crippen LogP contribution in [0.25, 0.3) is 0 Å². The van der Waals surface area contributed by atoms with Crippen molar-refractivity contribution in [2.24, 2.45) is 11.8 Å². The lowest BCUT2D eigenvalue weighted by Gasteiger charge is -2.29. The average Bonchev–Trinajstić information content (AvgIpc) is 2.68. The summed E-state index contributed by atoms with van der Waals surface area (Å²) in [6.07, 6.45) is 1.27. The normalized spacial score (nSPS) is 30.0. The highest BCUT2D eigenvalue weighted by molar-refractivity contribution is 7.92. The van der Waals surface area contributed by atoms with E-state index in [1.54, 1.807) is 20.8 Å². The summed E-state index contributed by atoms with van der Waals surface area (Å²) in [5.74, 6) is -2.27. The molecular weight excluding hydrogens is 284 g/mol. The van der Waals surface area contributed by atoms with Crippen LogP contribution in [-0.2, 0) is 28.9 Å². The molecule has 0 amide bonds. The predicted octanol–water partition coefficient (Wildman–Crippen LogP) is 0.942. The molecular formula is C13H22O6S. The van der Waals surface area contributed by atoms with Crippen molar-refractivity contribution in [1.29, 1.82) is 0 Å². The number of hydrogen-bond acceptors (Lipinski definition) is 6. The molecule has 0 N–H and O–H groups in total. The molecule has 3 atom stereocenters. The Morgan fingerprint density at radius 1 is 1.20 bits per heavy atom. The van der Waals surface area contributed by atoms with Gasteiger partial charge < -0.3 is 9.47 Å². The van der Waals surface area contributed by atoms with E-state index in [0.29, 0.717) is 6.42 Å². The molecule has 7 heteroatoms. The first-order chi connectivity index (χ1) is 9.20. The number of rotatable bonds is 5. The number of hydrogen-bond donors (Lipinski definition) is 0. The molecule has 0 aromatic rings. The van der Waals surface area contributed by atoms with Crippen molar-refractivity contribution >= 4 is 21.8 Å². The molecule has 0 aromatic heterocycles. The summed E-state index contributed by atoms with van der Waals surface area (Å²) >= 11 is 0. The molecule has 0 aromatic carbocycles. The Morgan fingerprint density at radius 2 is 1.75 bits per heavy atom. The second-order valence-electron chi connectivity index (χ2n) is 5.17. The molecule has 1 saturated carbocycles. The van der Waals surface area contributed by atoms with Crippen LogP contribution in [0.15, 0.2) is 0 Å². The van der Waals surface area contributed by atoms with Gasteiger partial charge in [0.1, 0.15) is 0 Å². The Hall–Kier alpha value is -1.11. The van der Waals surface area contributed by atoms with Gasteiger partial charge in [0.2, 0.25) is 0 Å². The van der Waals surface area contributed by atoms with E-state index in [0.717, 1.165) is 6.26 Å². The highest BCUT2D eigenvalue weighted by atomic mass is 32.2. The quantitative estimate of drug-likeness (QED) is 0.703. The smallest absolute Gasteiger partial charge is 0.327 e. The summed E-state index contributed by atoms with van der Waals surface area (Å²) in [4.78, 5) is 24.0. The van der Waals surface area contributed by atoms with Gasteiger partial charge in [0.15, 0.2) is 14.6 Å². The Labute approximate surface area is 119 Å². The summed E-state index contributed by atoms with van der Waals surface area (Å²) in [7, 11) is -3.70. The van der Waals surface area contributed by atoms with Crippen LogP contribution in [-0.4, -0.2) is 44.6 Å². The van der Waals surface area contributed by atoms with Crippen LogP contribution in [0.1, 0.15) is 33.6 Å². The van der Waals surface area contributed by atoms with Crippen LogP contribution in [0.2, 0.25) is 0 Å². The zero-order chi connectivity index (χ0) is 15.6. The molecule has 1 fully saturated rings. The van der Waals surface area contributed by atoms with Crippen molar-refractivity contribution in [3.05, 3.63) is 0 Å². The van der Waals surface area contributed by atoms with Gasteiger partial charge in [-0.2, -0.15) is 0 Å². The van der Waals surface area contributed by atoms with Gasteiger partial charge in [-0.1, -0.05) is 6.92 Å². The zero-order valence-electron chi connectivity index (χ0n) is 12.3. The Kier molecular flexibility index (Phi) is 5.18. The SMILES string of the molecule is CCOC(=O)[C@@H]1C[C@H](C)[C@](C(=O)OCC)(S(C)(=O)=O)C1. The van der Waals surface area contributed by atoms with Crippen molar-refractivity contribution in [2.45, 2.75) is 38.4 Å². The van der Waals surface area contributed by atoms with Crippen LogP contribution in [0, 0.1) is 11.8 Å². The third kappa shape index (κ3) is 2.82. The lowest BCUT2D eigenvalue weighted by molar-refractivity contribution is -0.148. The van der Waals surface area contributed by atoms with Gasteiger partial charge >= 0.3 is 11.9 Å². The van der Waals surface area contributed by atoms with Gasteiger partial charge in [-0.15, -0.1) is 0 Å². The molecule has 116 valence electrons. The van der Waals surface area contributed by atoms with Crippen molar-refractivity contribution in [2.75, 3.05) is 19.5 Å². The standard InChI is InChI=1S/C13H22O6S/c1-5-18-11(14)10-7-9(3)13(8-10,20(4,16)17)12(15)19-6-2/h9-10H,5-8H2,1-4H3/t9-,10+,13+/m0/s1. The Balaban J connectivity index is 3.14. The number of carbonyl (C=O) groups is 2. The third-order valence-corrected chi connectivity index (χ3v) is 5.95. The first-order valence-corrected chi connectivity index (χ1v) is 8.63. The van der Waals surface area contributed by atoms with E-state index in [4.69, 9.17) is 9.47 Å². The fraction of sp³-hybridized carbons (Fsp3) is 0.846. The Morgan fingerprint density at radius 3 is 2.20 bits per heavy atom. The maximum atomic E-state index is 12.2. The second kappa shape index (κ2) is 6.11. The minimum Gasteiger partial charge on any atom is -0.466 e. The molecule has 0 saturated heterocycles. The number of carbonyl (C=O) groups excluding carboxylic acids is 2. The molecule has 1 aliphatic carbocycles. The summed E-state index contributed by atoms with van der Waals surface area (Å²) in [5, 5.41) is 0.